The number of hydrogen-bond acceptors (Lipinski definition) is 4. The van der Waals surface area contributed by atoms with Gasteiger partial charge in [-0.3, -0.25) is 0 Å². The normalized spacial score (nSPS) is 10.6. The summed E-state index contributed by atoms with van der Waals surface area (Å²) in [5.41, 5.74) is 1.79. The number of aromatic nitrogens is 2. The lowest BCUT2D eigenvalue weighted by atomic mass is 10.3. The smallest absolute Gasteiger partial charge is 0.171 e. The maximum absolute atomic E-state index is 6.06. The van der Waals surface area contributed by atoms with Crippen LogP contribution in [0.3, 0.4) is 0 Å². The van der Waals surface area contributed by atoms with Crippen LogP contribution in [0, 0.1) is 13.8 Å². The summed E-state index contributed by atoms with van der Waals surface area (Å²) >= 11 is 6.06. The molecule has 0 aromatic carbocycles. The number of rotatable bonds is 5. The van der Waals surface area contributed by atoms with Gasteiger partial charge in [-0.05, 0) is 20.3 Å². The third-order valence-corrected chi connectivity index (χ3v) is 2.70. The van der Waals surface area contributed by atoms with Crippen molar-refractivity contribution in [3.63, 3.8) is 0 Å². The van der Waals surface area contributed by atoms with E-state index in [1.807, 2.05) is 25.8 Å². The lowest BCUT2D eigenvalue weighted by Crippen LogP contribution is -2.22. The van der Waals surface area contributed by atoms with Crippen molar-refractivity contribution in [2.75, 3.05) is 32.2 Å². The fourth-order valence-electron chi connectivity index (χ4n) is 1.36. The quantitative estimate of drug-likeness (QED) is 0.744. The number of nitrogens with zero attached hydrogens (tertiary/aromatic N) is 3. The molecule has 0 saturated heterocycles. The molecule has 4 nitrogen and oxygen atoms in total. The van der Waals surface area contributed by atoms with Crippen molar-refractivity contribution in [2.24, 2.45) is 0 Å². The minimum Gasteiger partial charge on any atom is -0.385 e. The van der Waals surface area contributed by atoms with Gasteiger partial charge in [-0.15, -0.1) is 0 Å². The Hall–Kier alpha value is -0.870. The van der Waals surface area contributed by atoms with Gasteiger partial charge in [0.15, 0.2) is 11.0 Å². The molecule has 0 bridgehead atoms. The zero-order valence-corrected chi connectivity index (χ0v) is 11.0. The number of methoxy groups -OCH3 is 1. The number of aryl methyl sites for hydroxylation is 2. The SMILES string of the molecule is COCCCN(C)c1nc(C)c(C)nc1Cl. The molecule has 0 aliphatic carbocycles. The number of hydrogen-bond donors (Lipinski definition) is 0. The maximum atomic E-state index is 6.06. The van der Waals surface area contributed by atoms with Crippen LogP contribution in [0.15, 0.2) is 0 Å². The van der Waals surface area contributed by atoms with E-state index >= 15 is 0 Å². The predicted molar refractivity (Wildman–Crippen MR) is 66.3 cm³/mol. The molecule has 1 rings (SSSR count). The van der Waals surface area contributed by atoms with Crippen LogP contribution >= 0.6 is 11.6 Å². The van der Waals surface area contributed by atoms with Gasteiger partial charge in [-0.25, -0.2) is 9.97 Å². The molecule has 1 aromatic heterocycles. The van der Waals surface area contributed by atoms with E-state index in [4.69, 9.17) is 16.3 Å². The third kappa shape index (κ3) is 3.32. The highest BCUT2D eigenvalue weighted by atomic mass is 35.5. The molecule has 16 heavy (non-hydrogen) atoms. The first-order valence-corrected chi connectivity index (χ1v) is 5.65. The first kappa shape index (κ1) is 13.2. The molecule has 1 aromatic rings. The molecule has 90 valence electrons. The highest BCUT2D eigenvalue weighted by Gasteiger charge is 2.10. The molecule has 0 atom stereocenters. The second-order valence-electron chi connectivity index (χ2n) is 3.78. The van der Waals surface area contributed by atoms with Crippen LogP contribution in [0.25, 0.3) is 0 Å². The van der Waals surface area contributed by atoms with E-state index in [0.717, 1.165) is 36.8 Å². The molecule has 0 radical (unpaired) electrons. The fourth-order valence-corrected chi connectivity index (χ4v) is 1.67. The van der Waals surface area contributed by atoms with E-state index in [2.05, 4.69) is 9.97 Å². The van der Waals surface area contributed by atoms with E-state index in [0.29, 0.717) is 5.15 Å². The van der Waals surface area contributed by atoms with Crippen molar-refractivity contribution in [1.29, 1.82) is 0 Å². The Morgan fingerprint density at radius 1 is 1.25 bits per heavy atom. The molecule has 0 spiro atoms. The Morgan fingerprint density at radius 3 is 2.50 bits per heavy atom. The predicted octanol–water partition coefficient (Wildman–Crippen LogP) is 2.22. The summed E-state index contributed by atoms with van der Waals surface area (Å²) < 4.78 is 5.01. The van der Waals surface area contributed by atoms with Gasteiger partial charge in [0.2, 0.25) is 0 Å². The average Bonchev–Trinajstić information content (AvgIpc) is 2.23. The molecule has 0 fully saturated rings. The molecular formula is C11H18ClN3O. The lowest BCUT2D eigenvalue weighted by Gasteiger charge is -2.19. The Morgan fingerprint density at radius 2 is 1.88 bits per heavy atom. The van der Waals surface area contributed by atoms with E-state index in [1.165, 1.54) is 0 Å². The fraction of sp³-hybridized carbons (Fsp3) is 0.636. The summed E-state index contributed by atoms with van der Waals surface area (Å²) in [6, 6.07) is 0. The molecule has 0 unspecified atom stereocenters. The standard InChI is InChI=1S/C11H18ClN3O/c1-8-9(2)14-11(10(12)13-8)15(3)6-5-7-16-4/h5-7H2,1-4H3. The van der Waals surface area contributed by atoms with E-state index in [9.17, 15) is 0 Å². The number of anilines is 1. The third-order valence-electron chi connectivity index (χ3n) is 2.45. The van der Waals surface area contributed by atoms with Gasteiger partial charge in [-0.2, -0.15) is 0 Å². The van der Waals surface area contributed by atoms with Gasteiger partial charge in [0.1, 0.15) is 0 Å². The van der Waals surface area contributed by atoms with Crippen molar-refractivity contribution < 1.29 is 4.74 Å². The summed E-state index contributed by atoms with van der Waals surface area (Å²) in [5.74, 6) is 0.737. The average molecular weight is 244 g/mol. The molecule has 1 heterocycles. The van der Waals surface area contributed by atoms with Gasteiger partial charge in [0, 0.05) is 27.3 Å². The largest absolute Gasteiger partial charge is 0.385 e. The van der Waals surface area contributed by atoms with Crippen molar-refractivity contribution >= 4 is 17.4 Å². The first-order chi connectivity index (χ1) is 7.56. The monoisotopic (exact) mass is 243 g/mol. The lowest BCUT2D eigenvalue weighted by molar-refractivity contribution is 0.196. The first-order valence-electron chi connectivity index (χ1n) is 5.27. The Kier molecular flexibility index (Phi) is 4.96. The van der Waals surface area contributed by atoms with Crippen molar-refractivity contribution in [1.82, 2.24) is 9.97 Å². The van der Waals surface area contributed by atoms with Crippen LogP contribution in [0.5, 0.6) is 0 Å². The van der Waals surface area contributed by atoms with E-state index in [1.54, 1.807) is 7.11 Å². The second-order valence-corrected chi connectivity index (χ2v) is 4.13. The van der Waals surface area contributed by atoms with Crippen molar-refractivity contribution in [3.05, 3.63) is 16.5 Å². The van der Waals surface area contributed by atoms with Crippen molar-refractivity contribution in [3.8, 4) is 0 Å². The highest BCUT2D eigenvalue weighted by Crippen LogP contribution is 2.21. The van der Waals surface area contributed by atoms with Crippen LogP contribution in [0.1, 0.15) is 17.8 Å². The Bertz CT molecular complexity index is 357. The van der Waals surface area contributed by atoms with Gasteiger partial charge in [0.05, 0.1) is 11.4 Å². The van der Waals surface area contributed by atoms with Gasteiger partial charge in [-0.1, -0.05) is 11.6 Å². The molecule has 0 aliphatic heterocycles. The molecule has 5 heteroatoms. The van der Waals surface area contributed by atoms with Crippen LogP contribution < -0.4 is 4.90 Å². The molecule has 0 aliphatic rings. The molecular weight excluding hydrogens is 226 g/mol. The molecule has 0 N–H and O–H groups in total. The second kappa shape index (κ2) is 6.01. The summed E-state index contributed by atoms with van der Waals surface area (Å²) in [4.78, 5) is 10.7. The van der Waals surface area contributed by atoms with Gasteiger partial charge >= 0.3 is 0 Å². The minimum absolute atomic E-state index is 0.461. The molecule has 0 amide bonds. The van der Waals surface area contributed by atoms with Crippen LogP contribution in [0.4, 0.5) is 5.82 Å². The highest BCUT2D eigenvalue weighted by molar-refractivity contribution is 6.31. The Balaban J connectivity index is 2.75. The van der Waals surface area contributed by atoms with E-state index < -0.39 is 0 Å². The maximum Gasteiger partial charge on any atom is 0.171 e. The summed E-state index contributed by atoms with van der Waals surface area (Å²) in [6.45, 7) is 5.43. The molecule has 0 saturated carbocycles. The van der Waals surface area contributed by atoms with Crippen LogP contribution in [-0.4, -0.2) is 37.3 Å². The van der Waals surface area contributed by atoms with Crippen LogP contribution in [0.2, 0.25) is 5.15 Å². The zero-order valence-electron chi connectivity index (χ0n) is 10.2. The summed E-state index contributed by atoms with van der Waals surface area (Å²) in [6.07, 6.45) is 0.942. The van der Waals surface area contributed by atoms with Gasteiger partial charge in [0.25, 0.3) is 0 Å². The van der Waals surface area contributed by atoms with E-state index in [-0.39, 0.29) is 0 Å². The number of halogens is 1. The Labute approximate surface area is 102 Å². The zero-order chi connectivity index (χ0) is 12.1. The van der Waals surface area contributed by atoms with Crippen molar-refractivity contribution in [2.45, 2.75) is 20.3 Å². The van der Waals surface area contributed by atoms with Gasteiger partial charge < -0.3 is 9.64 Å². The van der Waals surface area contributed by atoms with Crippen LogP contribution in [-0.2, 0) is 4.74 Å². The topological polar surface area (TPSA) is 38.2 Å². The summed E-state index contributed by atoms with van der Waals surface area (Å²) in [7, 11) is 3.66. The minimum atomic E-state index is 0.461. The number of ether oxygens (including phenoxy) is 1. The summed E-state index contributed by atoms with van der Waals surface area (Å²) in [5, 5.41) is 0.461.